The Balaban J connectivity index is 2.72. The Hall–Kier alpha value is -1.62. The second-order valence-electron chi connectivity index (χ2n) is 6.31. The highest BCUT2D eigenvalue weighted by atomic mass is 19.1. The van der Waals surface area contributed by atoms with E-state index in [-0.39, 0.29) is 42.2 Å². The molecule has 0 radical (unpaired) electrons. The smallest absolute Gasteiger partial charge is 0.224 e. The maximum Gasteiger partial charge on any atom is 0.224 e. The number of nitrogens with two attached hydrogens (primary N) is 1. The summed E-state index contributed by atoms with van der Waals surface area (Å²) in [4.78, 5) is 12.0. The van der Waals surface area contributed by atoms with E-state index in [9.17, 15) is 9.18 Å². The molecule has 2 unspecified atom stereocenters. The Morgan fingerprint density at radius 3 is 2.52 bits per heavy atom. The third-order valence-corrected chi connectivity index (χ3v) is 3.41. The van der Waals surface area contributed by atoms with E-state index in [0.717, 1.165) is 0 Å². The summed E-state index contributed by atoms with van der Waals surface area (Å²) in [6.07, 6.45) is 0. The predicted molar refractivity (Wildman–Crippen MR) is 81.5 cm³/mol. The number of halogens is 1. The van der Waals surface area contributed by atoms with Crippen LogP contribution >= 0.6 is 0 Å². The van der Waals surface area contributed by atoms with Crippen LogP contribution in [0.25, 0.3) is 0 Å². The maximum atomic E-state index is 13.6. The predicted octanol–water partition coefficient (Wildman–Crippen LogP) is 2.33. The van der Waals surface area contributed by atoms with Gasteiger partial charge in [-0.2, -0.15) is 0 Å². The lowest BCUT2D eigenvalue weighted by Gasteiger charge is -2.32. The van der Waals surface area contributed by atoms with Gasteiger partial charge in [0, 0.05) is 12.5 Å². The third-order valence-electron chi connectivity index (χ3n) is 3.41. The van der Waals surface area contributed by atoms with Gasteiger partial charge >= 0.3 is 0 Å². The van der Waals surface area contributed by atoms with Gasteiger partial charge < -0.3 is 15.8 Å². The van der Waals surface area contributed by atoms with Gasteiger partial charge in [-0.05, 0) is 17.5 Å². The fourth-order valence-electron chi connectivity index (χ4n) is 1.66. The largest absolute Gasteiger partial charge is 0.488 e. The quantitative estimate of drug-likeness (QED) is 0.847. The van der Waals surface area contributed by atoms with E-state index < -0.39 is 5.82 Å². The average Bonchev–Trinajstić information content (AvgIpc) is 2.42. The lowest BCUT2D eigenvalue weighted by Crippen LogP contribution is -2.49. The van der Waals surface area contributed by atoms with Crippen molar-refractivity contribution in [3.05, 3.63) is 30.1 Å². The van der Waals surface area contributed by atoms with Crippen molar-refractivity contribution in [1.82, 2.24) is 5.32 Å². The molecule has 21 heavy (non-hydrogen) atoms. The maximum absolute atomic E-state index is 13.6. The van der Waals surface area contributed by atoms with Crippen LogP contribution in [-0.2, 0) is 4.79 Å². The van der Waals surface area contributed by atoms with E-state index in [1.807, 2.05) is 20.8 Å². The molecular formula is C16H25FN2O2. The molecule has 0 aliphatic rings. The molecule has 1 amide bonds. The van der Waals surface area contributed by atoms with Crippen LogP contribution in [0, 0.1) is 17.2 Å². The molecule has 0 spiro atoms. The Labute approximate surface area is 125 Å². The van der Waals surface area contributed by atoms with Gasteiger partial charge in [-0.15, -0.1) is 0 Å². The van der Waals surface area contributed by atoms with E-state index in [0.29, 0.717) is 0 Å². The first-order valence-electron chi connectivity index (χ1n) is 7.13. The lowest BCUT2D eigenvalue weighted by molar-refractivity contribution is -0.126. The van der Waals surface area contributed by atoms with Gasteiger partial charge in [0.15, 0.2) is 11.6 Å². The second-order valence-corrected chi connectivity index (χ2v) is 6.31. The molecule has 1 rings (SSSR count). The molecule has 2 atom stereocenters. The molecule has 0 aliphatic carbocycles. The molecule has 0 saturated heterocycles. The highest BCUT2D eigenvalue weighted by Crippen LogP contribution is 2.22. The van der Waals surface area contributed by atoms with Crippen molar-refractivity contribution in [3.8, 4) is 5.75 Å². The van der Waals surface area contributed by atoms with Gasteiger partial charge in [-0.1, -0.05) is 39.8 Å². The molecule has 0 fully saturated rings. The standard InChI is InChI=1S/C16H25FN2O2/c1-11(9-18)15(20)19-14(16(2,3)4)10-21-13-8-6-5-7-12(13)17/h5-8,11,14H,9-10,18H2,1-4H3,(H,19,20). The normalized spacial score (nSPS) is 14.4. The van der Waals surface area contributed by atoms with Crippen LogP contribution < -0.4 is 15.8 Å². The van der Waals surface area contributed by atoms with Gasteiger partial charge in [0.25, 0.3) is 0 Å². The Kier molecular flexibility index (Phi) is 6.15. The van der Waals surface area contributed by atoms with Crippen molar-refractivity contribution in [2.75, 3.05) is 13.2 Å². The molecule has 4 nitrogen and oxygen atoms in total. The van der Waals surface area contributed by atoms with E-state index in [1.165, 1.54) is 6.07 Å². The molecule has 0 aromatic heterocycles. The molecular weight excluding hydrogens is 271 g/mol. The van der Waals surface area contributed by atoms with E-state index in [4.69, 9.17) is 10.5 Å². The number of benzene rings is 1. The molecule has 0 aliphatic heterocycles. The minimum absolute atomic E-state index is 0.116. The summed E-state index contributed by atoms with van der Waals surface area (Å²) in [6, 6.07) is 5.99. The summed E-state index contributed by atoms with van der Waals surface area (Å²) in [5.41, 5.74) is 5.29. The van der Waals surface area contributed by atoms with Gasteiger partial charge in [0.2, 0.25) is 5.91 Å². The molecule has 1 aromatic rings. The van der Waals surface area contributed by atoms with Crippen molar-refractivity contribution >= 4 is 5.91 Å². The first-order chi connectivity index (χ1) is 9.75. The number of rotatable bonds is 6. The van der Waals surface area contributed by atoms with Crippen molar-refractivity contribution in [1.29, 1.82) is 0 Å². The van der Waals surface area contributed by atoms with Gasteiger partial charge in [-0.25, -0.2) is 4.39 Å². The summed E-state index contributed by atoms with van der Waals surface area (Å²) >= 11 is 0. The summed E-state index contributed by atoms with van der Waals surface area (Å²) in [5, 5.41) is 2.93. The highest BCUT2D eigenvalue weighted by Gasteiger charge is 2.28. The number of carbonyl (C=O) groups is 1. The van der Waals surface area contributed by atoms with E-state index in [1.54, 1.807) is 25.1 Å². The number of hydrogen-bond donors (Lipinski definition) is 2. The van der Waals surface area contributed by atoms with Crippen LogP contribution in [0.15, 0.2) is 24.3 Å². The third kappa shape index (κ3) is 5.34. The molecule has 0 bridgehead atoms. The van der Waals surface area contributed by atoms with Crippen molar-refractivity contribution in [2.45, 2.75) is 33.7 Å². The van der Waals surface area contributed by atoms with Gasteiger partial charge in [-0.3, -0.25) is 4.79 Å². The number of carbonyl (C=O) groups excluding carboxylic acids is 1. The van der Waals surface area contributed by atoms with E-state index >= 15 is 0 Å². The Morgan fingerprint density at radius 2 is 2.00 bits per heavy atom. The minimum Gasteiger partial charge on any atom is -0.488 e. The zero-order valence-electron chi connectivity index (χ0n) is 13.2. The number of para-hydroxylation sites is 1. The number of nitrogens with one attached hydrogen (secondary N) is 1. The van der Waals surface area contributed by atoms with Crippen LogP contribution in [0.4, 0.5) is 4.39 Å². The summed E-state index contributed by atoms with van der Waals surface area (Å²) in [6.45, 7) is 8.25. The Morgan fingerprint density at radius 1 is 1.38 bits per heavy atom. The minimum atomic E-state index is -0.410. The fraction of sp³-hybridized carbons (Fsp3) is 0.562. The molecule has 1 aromatic carbocycles. The first kappa shape index (κ1) is 17.4. The van der Waals surface area contributed by atoms with Crippen molar-refractivity contribution < 1.29 is 13.9 Å². The number of amides is 1. The van der Waals surface area contributed by atoms with Crippen LogP contribution in [0.1, 0.15) is 27.7 Å². The van der Waals surface area contributed by atoms with Gasteiger partial charge in [0.05, 0.1) is 6.04 Å². The first-order valence-corrected chi connectivity index (χ1v) is 7.13. The summed E-state index contributed by atoms with van der Waals surface area (Å²) < 4.78 is 19.1. The lowest BCUT2D eigenvalue weighted by atomic mass is 9.87. The second kappa shape index (κ2) is 7.41. The highest BCUT2D eigenvalue weighted by molar-refractivity contribution is 5.78. The van der Waals surface area contributed by atoms with Crippen LogP contribution in [-0.4, -0.2) is 25.1 Å². The number of hydrogen-bond acceptors (Lipinski definition) is 3. The van der Waals surface area contributed by atoms with Crippen LogP contribution in [0.2, 0.25) is 0 Å². The van der Waals surface area contributed by atoms with Crippen molar-refractivity contribution in [2.24, 2.45) is 17.1 Å². The monoisotopic (exact) mass is 296 g/mol. The molecule has 5 heteroatoms. The zero-order valence-corrected chi connectivity index (χ0v) is 13.2. The number of ether oxygens (including phenoxy) is 1. The van der Waals surface area contributed by atoms with E-state index in [2.05, 4.69) is 5.32 Å². The van der Waals surface area contributed by atoms with Crippen LogP contribution in [0.3, 0.4) is 0 Å². The SMILES string of the molecule is CC(CN)C(=O)NC(COc1ccccc1F)C(C)(C)C. The van der Waals surface area contributed by atoms with Gasteiger partial charge in [0.1, 0.15) is 6.61 Å². The topological polar surface area (TPSA) is 64.4 Å². The fourth-order valence-corrected chi connectivity index (χ4v) is 1.66. The molecule has 118 valence electrons. The zero-order chi connectivity index (χ0) is 16.0. The summed E-state index contributed by atoms with van der Waals surface area (Å²) in [5.74, 6) is -0.599. The molecule has 0 saturated carbocycles. The van der Waals surface area contributed by atoms with Crippen LogP contribution in [0.5, 0.6) is 5.75 Å². The molecule has 3 N–H and O–H groups in total. The molecule has 0 heterocycles. The summed E-state index contributed by atoms with van der Waals surface area (Å²) in [7, 11) is 0. The Bertz CT molecular complexity index is 472. The average molecular weight is 296 g/mol. The van der Waals surface area contributed by atoms with Crippen molar-refractivity contribution in [3.63, 3.8) is 0 Å².